The molecule has 0 fully saturated rings. The molecule has 0 bridgehead atoms. The number of fused-ring (bicyclic) bond motifs is 1. The fraction of sp³-hybridized carbons (Fsp3) is 0.179. The molecule has 35 heavy (non-hydrogen) atoms. The first-order valence-electron chi connectivity index (χ1n) is 11.2. The lowest BCUT2D eigenvalue weighted by atomic mass is 10.1. The highest BCUT2D eigenvalue weighted by Gasteiger charge is 2.15. The van der Waals surface area contributed by atoms with Crippen molar-refractivity contribution in [3.05, 3.63) is 83.9 Å². The number of benzene rings is 3. The minimum atomic E-state index is -0.436. The predicted molar refractivity (Wildman–Crippen MR) is 135 cm³/mol. The van der Waals surface area contributed by atoms with Crippen LogP contribution in [-0.2, 0) is 9.53 Å². The number of aryl methyl sites for hydroxylation is 1. The largest absolute Gasteiger partial charge is 0.497 e. The van der Waals surface area contributed by atoms with Gasteiger partial charge in [0.25, 0.3) is 5.91 Å². The summed E-state index contributed by atoms with van der Waals surface area (Å²) >= 11 is 0. The summed E-state index contributed by atoms with van der Waals surface area (Å²) in [5, 5.41) is 3.47. The summed E-state index contributed by atoms with van der Waals surface area (Å²) in [5.74, 6) is 0.393. The Balaban J connectivity index is 1.69. The fourth-order valence-corrected chi connectivity index (χ4v) is 3.63. The summed E-state index contributed by atoms with van der Waals surface area (Å²) in [5.41, 5.74) is 4.15. The van der Waals surface area contributed by atoms with E-state index in [2.05, 4.69) is 5.32 Å². The van der Waals surface area contributed by atoms with E-state index >= 15 is 0 Å². The van der Waals surface area contributed by atoms with E-state index in [4.69, 9.17) is 19.2 Å². The van der Waals surface area contributed by atoms with Crippen molar-refractivity contribution in [2.75, 3.05) is 25.6 Å². The van der Waals surface area contributed by atoms with E-state index in [-0.39, 0.29) is 19.1 Å². The molecule has 178 valence electrons. The topological polar surface area (TPSA) is 86.8 Å². The fourth-order valence-electron chi connectivity index (χ4n) is 3.63. The number of pyridine rings is 1. The van der Waals surface area contributed by atoms with Gasteiger partial charge in [-0.15, -0.1) is 0 Å². The number of carbonyl (C=O) groups excluding carboxylic acids is 2. The number of hydrogen-bond acceptors (Lipinski definition) is 6. The molecule has 1 N–H and O–H groups in total. The number of nitrogens with one attached hydrogen (secondary N) is 1. The van der Waals surface area contributed by atoms with Crippen LogP contribution >= 0.6 is 0 Å². The van der Waals surface area contributed by atoms with Gasteiger partial charge in [-0.25, -0.2) is 9.78 Å². The van der Waals surface area contributed by atoms with Crippen LogP contribution in [0, 0.1) is 6.92 Å². The Bertz CT molecular complexity index is 1380. The molecule has 7 heteroatoms. The maximum atomic E-state index is 12.6. The molecular weight excluding hydrogens is 444 g/mol. The molecule has 1 heterocycles. The lowest BCUT2D eigenvalue weighted by molar-refractivity contribution is -0.118. The first kappa shape index (κ1) is 23.8. The van der Waals surface area contributed by atoms with E-state index in [0.29, 0.717) is 33.7 Å². The Morgan fingerprint density at radius 3 is 2.57 bits per heavy atom. The van der Waals surface area contributed by atoms with Gasteiger partial charge >= 0.3 is 5.97 Å². The summed E-state index contributed by atoms with van der Waals surface area (Å²) in [7, 11) is 1.60. The van der Waals surface area contributed by atoms with Gasteiger partial charge in [-0.2, -0.15) is 0 Å². The molecule has 7 nitrogen and oxygen atoms in total. The van der Waals surface area contributed by atoms with Crippen molar-refractivity contribution < 1.29 is 23.8 Å². The van der Waals surface area contributed by atoms with Gasteiger partial charge in [-0.05, 0) is 55.8 Å². The van der Waals surface area contributed by atoms with E-state index in [1.54, 1.807) is 38.3 Å². The number of para-hydroxylation sites is 1. The molecular formula is C28H26N2O5. The highest BCUT2D eigenvalue weighted by Crippen LogP contribution is 2.32. The van der Waals surface area contributed by atoms with Gasteiger partial charge in [-0.1, -0.05) is 30.3 Å². The van der Waals surface area contributed by atoms with Gasteiger partial charge < -0.3 is 19.5 Å². The van der Waals surface area contributed by atoms with Crippen LogP contribution in [0.15, 0.2) is 72.8 Å². The zero-order valence-electron chi connectivity index (χ0n) is 19.8. The molecule has 1 aromatic heterocycles. The van der Waals surface area contributed by atoms with Crippen LogP contribution < -0.4 is 14.8 Å². The average molecular weight is 471 g/mol. The van der Waals surface area contributed by atoms with Crippen molar-refractivity contribution in [1.29, 1.82) is 0 Å². The van der Waals surface area contributed by atoms with Crippen molar-refractivity contribution in [2.24, 2.45) is 0 Å². The molecule has 0 aliphatic heterocycles. The van der Waals surface area contributed by atoms with Crippen LogP contribution in [0.2, 0.25) is 0 Å². The van der Waals surface area contributed by atoms with Crippen LogP contribution in [0.25, 0.3) is 22.2 Å². The zero-order valence-corrected chi connectivity index (χ0v) is 19.8. The Kier molecular flexibility index (Phi) is 7.26. The highest BCUT2D eigenvalue weighted by atomic mass is 16.5. The van der Waals surface area contributed by atoms with Crippen molar-refractivity contribution >= 4 is 28.5 Å². The van der Waals surface area contributed by atoms with Crippen LogP contribution in [-0.4, -0.2) is 37.2 Å². The molecule has 1 amide bonds. The summed E-state index contributed by atoms with van der Waals surface area (Å²) < 4.78 is 16.4. The summed E-state index contributed by atoms with van der Waals surface area (Å²) in [6.45, 7) is 3.73. The van der Waals surface area contributed by atoms with Crippen molar-refractivity contribution in [2.45, 2.75) is 13.8 Å². The Hall–Kier alpha value is -4.39. The number of methoxy groups -OCH3 is 1. The monoisotopic (exact) mass is 470 g/mol. The van der Waals surface area contributed by atoms with Crippen LogP contribution in [0.1, 0.15) is 22.8 Å². The first-order valence-corrected chi connectivity index (χ1v) is 11.2. The smallest absolute Gasteiger partial charge is 0.338 e. The third-order valence-corrected chi connectivity index (χ3v) is 5.43. The Labute approximate surface area is 203 Å². The average Bonchev–Trinajstić information content (AvgIpc) is 2.88. The van der Waals surface area contributed by atoms with Gasteiger partial charge in [0.15, 0.2) is 6.61 Å². The molecule has 0 spiro atoms. The SMILES string of the molecule is CCOC(=O)c1ccc2nc(-c3cccc(OC)c3)cc(OCC(=O)Nc3ccccc3C)c2c1. The quantitative estimate of drug-likeness (QED) is 0.346. The molecule has 3 aromatic carbocycles. The first-order chi connectivity index (χ1) is 17.0. The second-order valence-electron chi connectivity index (χ2n) is 7.84. The molecule has 0 saturated heterocycles. The summed E-state index contributed by atoms with van der Waals surface area (Å²) in [6, 6.07) is 21.9. The van der Waals surface area contributed by atoms with Crippen LogP contribution in [0.4, 0.5) is 5.69 Å². The molecule has 4 rings (SSSR count). The normalized spacial score (nSPS) is 10.6. The number of ether oxygens (including phenoxy) is 3. The standard InChI is InChI=1S/C28H26N2O5/c1-4-34-28(32)20-12-13-24-22(15-20)26(16-25(29-24)19-9-7-10-21(14-19)33-3)35-17-27(31)30-23-11-6-5-8-18(23)2/h5-16H,4,17H2,1-3H3,(H,30,31). The summed E-state index contributed by atoms with van der Waals surface area (Å²) in [6.07, 6.45) is 0. The lowest BCUT2D eigenvalue weighted by Crippen LogP contribution is -2.20. The van der Waals surface area contributed by atoms with E-state index in [0.717, 1.165) is 16.8 Å². The van der Waals surface area contributed by atoms with Gasteiger partial charge in [-0.3, -0.25) is 4.79 Å². The molecule has 0 radical (unpaired) electrons. The second-order valence-corrected chi connectivity index (χ2v) is 7.84. The molecule has 0 atom stereocenters. The number of carbonyl (C=O) groups is 2. The number of aromatic nitrogens is 1. The minimum absolute atomic E-state index is 0.214. The van der Waals surface area contributed by atoms with Gasteiger partial charge in [0.2, 0.25) is 0 Å². The van der Waals surface area contributed by atoms with Gasteiger partial charge in [0.05, 0.1) is 30.5 Å². The molecule has 0 unspecified atom stereocenters. The van der Waals surface area contributed by atoms with Crippen LogP contribution in [0.3, 0.4) is 0 Å². The second kappa shape index (κ2) is 10.7. The molecule has 4 aromatic rings. The maximum Gasteiger partial charge on any atom is 0.338 e. The Morgan fingerprint density at radius 2 is 1.80 bits per heavy atom. The van der Waals surface area contributed by atoms with E-state index in [9.17, 15) is 9.59 Å². The number of esters is 1. The van der Waals surface area contributed by atoms with Crippen molar-refractivity contribution in [1.82, 2.24) is 4.98 Å². The highest BCUT2D eigenvalue weighted by molar-refractivity contribution is 5.98. The van der Waals surface area contributed by atoms with Gasteiger partial charge in [0, 0.05) is 22.7 Å². The predicted octanol–water partition coefficient (Wildman–Crippen LogP) is 5.41. The number of hydrogen-bond donors (Lipinski definition) is 1. The number of nitrogens with zero attached hydrogens (tertiary/aromatic N) is 1. The maximum absolute atomic E-state index is 12.6. The number of amides is 1. The molecule has 0 saturated carbocycles. The van der Waals surface area contributed by atoms with Crippen molar-refractivity contribution in [3.8, 4) is 22.8 Å². The van der Waals surface area contributed by atoms with Gasteiger partial charge in [0.1, 0.15) is 11.5 Å². The lowest BCUT2D eigenvalue weighted by Gasteiger charge is -2.14. The third kappa shape index (κ3) is 5.58. The molecule has 0 aliphatic rings. The molecule has 0 aliphatic carbocycles. The third-order valence-electron chi connectivity index (χ3n) is 5.43. The van der Waals surface area contributed by atoms with E-state index < -0.39 is 5.97 Å². The van der Waals surface area contributed by atoms with Crippen LogP contribution in [0.5, 0.6) is 11.5 Å². The van der Waals surface area contributed by atoms with Crippen molar-refractivity contribution in [3.63, 3.8) is 0 Å². The van der Waals surface area contributed by atoms with E-state index in [1.165, 1.54) is 0 Å². The number of rotatable bonds is 8. The minimum Gasteiger partial charge on any atom is -0.497 e. The Morgan fingerprint density at radius 1 is 0.971 bits per heavy atom. The van der Waals surface area contributed by atoms with E-state index in [1.807, 2.05) is 55.5 Å². The summed E-state index contributed by atoms with van der Waals surface area (Å²) in [4.78, 5) is 29.7. The number of anilines is 1. The zero-order chi connectivity index (χ0) is 24.8.